The highest BCUT2D eigenvalue weighted by atomic mass is 16.5. The number of amides is 1. The summed E-state index contributed by atoms with van der Waals surface area (Å²) in [5.74, 6) is -0.114. The molecule has 6 heteroatoms. The number of nitrogens with zero attached hydrogens (tertiary/aromatic N) is 2. The summed E-state index contributed by atoms with van der Waals surface area (Å²) in [5, 5.41) is 0.897. The monoisotopic (exact) mass is 344 g/mol. The predicted octanol–water partition coefficient (Wildman–Crippen LogP) is 2.66. The average Bonchev–Trinajstić information content (AvgIpc) is 3.20. The van der Waals surface area contributed by atoms with E-state index in [9.17, 15) is 9.59 Å². The van der Waals surface area contributed by atoms with Gasteiger partial charge in [0.25, 0.3) is 0 Å². The van der Waals surface area contributed by atoms with Gasteiger partial charge in [-0.1, -0.05) is 18.2 Å². The quantitative estimate of drug-likeness (QED) is 0.780. The van der Waals surface area contributed by atoms with Crippen molar-refractivity contribution in [3.63, 3.8) is 0 Å². The maximum absolute atomic E-state index is 12.4. The second kappa shape index (κ2) is 7.27. The molecule has 0 N–H and O–H groups in total. The molecule has 3 rings (SSSR count). The number of benzene rings is 1. The minimum absolute atomic E-state index is 0.1000. The van der Waals surface area contributed by atoms with E-state index in [1.54, 1.807) is 25.9 Å². The molecule has 1 aromatic carbocycles. The number of hydrogen-bond donors (Lipinski definition) is 0. The van der Waals surface area contributed by atoms with Crippen molar-refractivity contribution in [2.24, 2.45) is 0 Å². The van der Waals surface area contributed by atoms with E-state index in [0.717, 1.165) is 30.3 Å². The molecular weight excluding hydrogens is 320 g/mol. The molecule has 1 unspecified atom stereocenters. The second-order valence-corrected chi connectivity index (χ2v) is 6.49. The highest BCUT2D eigenvalue weighted by Crippen LogP contribution is 2.30. The molecule has 25 heavy (non-hydrogen) atoms. The van der Waals surface area contributed by atoms with Gasteiger partial charge in [-0.05, 0) is 32.4 Å². The minimum Gasteiger partial charge on any atom is -0.460 e. The van der Waals surface area contributed by atoms with Crippen LogP contribution in [0.5, 0.6) is 0 Å². The third-order valence-corrected chi connectivity index (χ3v) is 4.61. The number of likely N-dealkylation sites (N-methyl/N-ethyl adjacent to an activating group) is 1. The topological polar surface area (TPSA) is 63.0 Å². The van der Waals surface area contributed by atoms with Crippen LogP contribution in [0.4, 0.5) is 0 Å². The van der Waals surface area contributed by atoms with Crippen LogP contribution in [-0.2, 0) is 16.1 Å². The molecule has 134 valence electrons. The Bertz CT molecular complexity index is 781. The summed E-state index contributed by atoms with van der Waals surface area (Å²) in [4.78, 5) is 28.5. The number of esters is 1. The van der Waals surface area contributed by atoms with E-state index in [0.29, 0.717) is 18.7 Å². The van der Waals surface area contributed by atoms with E-state index >= 15 is 0 Å². The highest BCUT2D eigenvalue weighted by Gasteiger charge is 2.33. The summed E-state index contributed by atoms with van der Waals surface area (Å²) in [6.45, 7) is 3.38. The van der Waals surface area contributed by atoms with Crippen LogP contribution in [0.25, 0.3) is 11.0 Å². The molecule has 0 saturated carbocycles. The smallest absolute Gasteiger partial charge is 0.374 e. The zero-order chi connectivity index (χ0) is 18.0. The summed E-state index contributed by atoms with van der Waals surface area (Å²) < 4.78 is 10.9. The summed E-state index contributed by atoms with van der Waals surface area (Å²) in [7, 11) is 3.55. The maximum Gasteiger partial charge on any atom is 0.374 e. The van der Waals surface area contributed by atoms with E-state index in [1.165, 1.54) is 0 Å². The molecule has 1 atom stereocenters. The van der Waals surface area contributed by atoms with Crippen molar-refractivity contribution in [3.05, 3.63) is 35.6 Å². The van der Waals surface area contributed by atoms with Crippen molar-refractivity contribution in [2.75, 3.05) is 27.2 Å². The van der Waals surface area contributed by atoms with E-state index in [2.05, 4.69) is 4.90 Å². The van der Waals surface area contributed by atoms with Crippen LogP contribution in [0.2, 0.25) is 0 Å². The van der Waals surface area contributed by atoms with Crippen LogP contribution in [0.1, 0.15) is 35.9 Å². The lowest BCUT2D eigenvalue weighted by Gasteiger charge is -2.26. The number of fused-ring (bicyclic) bond motifs is 1. The number of ether oxygens (including phenoxy) is 1. The number of carbonyl (C=O) groups excluding carboxylic acids is 2. The lowest BCUT2D eigenvalue weighted by molar-refractivity contribution is -0.133. The lowest BCUT2D eigenvalue weighted by atomic mass is 10.1. The highest BCUT2D eigenvalue weighted by molar-refractivity contribution is 5.96. The minimum atomic E-state index is -0.455. The van der Waals surface area contributed by atoms with Gasteiger partial charge in [-0.2, -0.15) is 0 Å². The number of likely N-dealkylation sites (tertiary alicyclic amines) is 1. The fourth-order valence-corrected chi connectivity index (χ4v) is 3.41. The van der Waals surface area contributed by atoms with Crippen molar-refractivity contribution >= 4 is 22.8 Å². The van der Waals surface area contributed by atoms with Crippen molar-refractivity contribution in [1.82, 2.24) is 9.80 Å². The summed E-state index contributed by atoms with van der Waals surface area (Å²) in [5.41, 5.74) is 1.46. The Kier molecular flexibility index (Phi) is 5.08. The van der Waals surface area contributed by atoms with Crippen molar-refractivity contribution in [2.45, 2.75) is 32.4 Å². The number of carbonyl (C=O) groups is 2. The molecule has 1 aliphatic rings. The standard InChI is InChI=1S/C19H24N2O4/c1-4-24-19(23)17-14(13-8-5-6-10-16(13)25-17)12-21-11-7-9-15(21)18(22)20(2)3/h5-6,8,10,15H,4,7,9,11-12H2,1-3H3. The Morgan fingerprint density at radius 1 is 1.32 bits per heavy atom. The van der Waals surface area contributed by atoms with Gasteiger partial charge in [0.2, 0.25) is 11.7 Å². The summed E-state index contributed by atoms with van der Waals surface area (Å²) >= 11 is 0. The van der Waals surface area contributed by atoms with Crippen LogP contribution in [-0.4, -0.2) is 55.0 Å². The van der Waals surface area contributed by atoms with Gasteiger partial charge in [0.15, 0.2) is 0 Å². The number of para-hydroxylation sites is 1. The molecule has 1 fully saturated rings. The normalized spacial score (nSPS) is 17.8. The third kappa shape index (κ3) is 3.39. The van der Waals surface area contributed by atoms with Crippen LogP contribution in [0, 0.1) is 0 Å². The van der Waals surface area contributed by atoms with Crippen molar-refractivity contribution in [3.8, 4) is 0 Å². The fraction of sp³-hybridized carbons (Fsp3) is 0.474. The Labute approximate surface area is 147 Å². The largest absolute Gasteiger partial charge is 0.460 e. The summed E-state index contributed by atoms with van der Waals surface area (Å²) in [6.07, 6.45) is 1.80. The van der Waals surface area contributed by atoms with Crippen LogP contribution in [0.15, 0.2) is 28.7 Å². The van der Waals surface area contributed by atoms with Gasteiger partial charge in [-0.3, -0.25) is 9.69 Å². The van der Waals surface area contributed by atoms with Gasteiger partial charge in [0, 0.05) is 31.6 Å². The maximum atomic E-state index is 12.4. The van der Waals surface area contributed by atoms with Gasteiger partial charge in [-0.25, -0.2) is 4.79 Å². The van der Waals surface area contributed by atoms with E-state index in [-0.39, 0.29) is 17.7 Å². The van der Waals surface area contributed by atoms with E-state index in [1.807, 2.05) is 24.3 Å². The zero-order valence-electron chi connectivity index (χ0n) is 14.9. The first-order chi connectivity index (χ1) is 12.0. The first kappa shape index (κ1) is 17.5. The Morgan fingerprint density at radius 2 is 2.08 bits per heavy atom. The molecule has 1 saturated heterocycles. The predicted molar refractivity (Wildman–Crippen MR) is 94.3 cm³/mol. The number of hydrogen-bond acceptors (Lipinski definition) is 5. The molecule has 1 aliphatic heterocycles. The Hall–Kier alpha value is -2.34. The number of rotatable bonds is 5. The SMILES string of the molecule is CCOC(=O)c1oc2ccccc2c1CN1CCCC1C(=O)N(C)C. The van der Waals surface area contributed by atoms with Gasteiger partial charge in [0.05, 0.1) is 12.6 Å². The molecule has 0 radical (unpaired) electrons. The molecule has 2 aromatic rings. The van der Waals surface area contributed by atoms with Gasteiger partial charge in [-0.15, -0.1) is 0 Å². The van der Waals surface area contributed by atoms with Crippen molar-refractivity contribution in [1.29, 1.82) is 0 Å². The molecule has 6 nitrogen and oxygen atoms in total. The van der Waals surface area contributed by atoms with Crippen LogP contribution >= 0.6 is 0 Å². The molecule has 2 heterocycles. The molecule has 0 bridgehead atoms. The number of furan rings is 1. The van der Waals surface area contributed by atoms with E-state index < -0.39 is 5.97 Å². The van der Waals surface area contributed by atoms with E-state index in [4.69, 9.17) is 9.15 Å². The van der Waals surface area contributed by atoms with Gasteiger partial charge < -0.3 is 14.1 Å². The lowest BCUT2D eigenvalue weighted by Crippen LogP contribution is -2.42. The Balaban J connectivity index is 1.95. The fourth-order valence-electron chi connectivity index (χ4n) is 3.41. The zero-order valence-corrected chi connectivity index (χ0v) is 14.9. The van der Waals surface area contributed by atoms with Crippen molar-refractivity contribution < 1.29 is 18.7 Å². The van der Waals surface area contributed by atoms with Gasteiger partial charge in [0.1, 0.15) is 5.58 Å². The van der Waals surface area contributed by atoms with Crippen LogP contribution < -0.4 is 0 Å². The first-order valence-electron chi connectivity index (χ1n) is 8.65. The Morgan fingerprint density at radius 3 is 2.80 bits per heavy atom. The summed E-state index contributed by atoms with van der Waals surface area (Å²) in [6, 6.07) is 7.42. The van der Waals surface area contributed by atoms with Gasteiger partial charge >= 0.3 is 5.97 Å². The molecule has 0 spiro atoms. The molecule has 1 aromatic heterocycles. The second-order valence-electron chi connectivity index (χ2n) is 6.49. The third-order valence-electron chi connectivity index (χ3n) is 4.61. The molecule has 0 aliphatic carbocycles. The average molecular weight is 344 g/mol. The molecule has 1 amide bonds. The van der Waals surface area contributed by atoms with Crippen LogP contribution in [0.3, 0.4) is 0 Å². The molecular formula is C19H24N2O4. The first-order valence-corrected chi connectivity index (χ1v) is 8.65.